The van der Waals surface area contributed by atoms with Gasteiger partial charge in [0.2, 0.25) is 0 Å². The molecule has 2 amide bonds. The minimum Gasteiger partial charge on any atom is -0.359 e. The zero-order valence-corrected chi connectivity index (χ0v) is 15.7. The monoisotopic (exact) mass is 370 g/mol. The van der Waals surface area contributed by atoms with Crippen LogP contribution in [0.5, 0.6) is 0 Å². The van der Waals surface area contributed by atoms with Crippen molar-refractivity contribution in [1.82, 2.24) is 10.3 Å². The van der Waals surface area contributed by atoms with Gasteiger partial charge in [0.05, 0.1) is 5.69 Å². The Morgan fingerprint density at radius 3 is 2.50 bits per heavy atom. The lowest BCUT2D eigenvalue weighted by Gasteiger charge is -2.10. The zero-order valence-electron chi connectivity index (χ0n) is 14.9. The maximum atomic E-state index is 12.7. The summed E-state index contributed by atoms with van der Waals surface area (Å²) in [5, 5.41) is 10.0. The summed E-state index contributed by atoms with van der Waals surface area (Å²) in [7, 11) is 0. The maximum Gasteiger partial charge on any atom is 0.267 e. The van der Waals surface area contributed by atoms with Crippen molar-refractivity contribution in [3.63, 3.8) is 0 Å². The van der Waals surface area contributed by atoms with E-state index in [4.69, 9.17) is 0 Å². The average Bonchev–Trinajstić information content (AvgIpc) is 3.51. The molecule has 2 aromatic rings. The van der Waals surface area contributed by atoms with Crippen molar-refractivity contribution in [3.8, 4) is 0 Å². The quantitative estimate of drug-likeness (QED) is 0.727. The molecule has 7 heteroatoms. The number of nitrogens with zero attached hydrogens (tertiary/aromatic N) is 1. The van der Waals surface area contributed by atoms with Crippen LogP contribution in [0, 0.1) is 13.8 Å². The molecule has 3 N–H and O–H groups in total. The van der Waals surface area contributed by atoms with E-state index in [0.29, 0.717) is 28.2 Å². The summed E-state index contributed by atoms with van der Waals surface area (Å²) < 4.78 is 0. The molecule has 1 aromatic heterocycles. The van der Waals surface area contributed by atoms with Crippen LogP contribution in [0.15, 0.2) is 18.2 Å². The third-order valence-corrected chi connectivity index (χ3v) is 5.66. The van der Waals surface area contributed by atoms with E-state index >= 15 is 0 Å². The molecule has 0 atom stereocenters. The van der Waals surface area contributed by atoms with Crippen LogP contribution >= 0.6 is 11.3 Å². The van der Waals surface area contributed by atoms with Gasteiger partial charge in [-0.2, -0.15) is 0 Å². The average molecular weight is 370 g/mol. The molecule has 6 nitrogen and oxygen atoms in total. The van der Waals surface area contributed by atoms with Crippen LogP contribution in [-0.2, 0) is 0 Å². The van der Waals surface area contributed by atoms with Crippen LogP contribution < -0.4 is 16.0 Å². The highest BCUT2D eigenvalue weighted by atomic mass is 32.1. The Bertz CT molecular complexity index is 868. The second-order valence-electron chi connectivity index (χ2n) is 7.08. The zero-order chi connectivity index (χ0) is 18.3. The number of carbonyl (C=O) groups excluding carboxylic acids is 2. The smallest absolute Gasteiger partial charge is 0.267 e. The van der Waals surface area contributed by atoms with Crippen molar-refractivity contribution in [2.45, 2.75) is 51.6 Å². The fraction of sp³-hybridized carbons (Fsp3) is 0.421. The minimum absolute atomic E-state index is 0.0899. The fourth-order valence-electron chi connectivity index (χ4n) is 2.64. The Morgan fingerprint density at radius 1 is 1.08 bits per heavy atom. The summed E-state index contributed by atoms with van der Waals surface area (Å²) in [4.78, 5) is 30.0. The number of benzene rings is 1. The molecule has 0 aliphatic heterocycles. The predicted molar refractivity (Wildman–Crippen MR) is 103 cm³/mol. The molecule has 2 aliphatic carbocycles. The van der Waals surface area contributed by atoms with Crippen molar-refractivity contribution in [3.05, 3.63) is 39.9 Å². The number of hydrogen-bond acceptors (Lipinski definition) is 5. The number of rotatable bonds is 6. The molecule has 4 rings (SSSR count). The highest BCUT2D eigenvalue weighted by Crippen LogP contribution is 2.30. The van der Waals surface area contributed by atoms with Crippen LogP contribution in [0.1, 0.15) is 57.0 Å². The van der Waals surface area contributed by atoms with Crippen LogP contribution in [-0.4, -0.2) is 28.9 Å². The number of aryl methyl sites for hydroxylation is 2. The molecule has 0 unspecified atom stereocenters. The number of carbonyl (C=O) groups is 2. The van der Waals surface area contributed by atoms with E-state index in [1.807, 2.05) is 19.9 Å². The van der Waals surface area contributed by atoms with E-state index in [9.17, 15) is 9.59 Å². The number of aromatic nitrogens is 1. The number of thiazole rings is 1. The lowest BCUT2D eigenvalue weighted by molar-refractivity contribution is 0.0949. The van der Waals surface area contributed by atoms with Crippen molar-refractivity contribution < 1.29 is 9.59 Å². The Morgan fingerprint density at radius 2 is 1.81 bits per heavy atom. The lowest BCUT2D eigenvalue weighted by Crippen LogP contribution is -2.25. The lowest BCUT2D eigenvalue weighted by atomic mass is 10.1. The second kappa shape index (κ2) is 6.72. The topological polar surface area (TPSA) is 83.1 Å². The van der Waals surface area contributed by atoms with E-state index in [1.165, 1.54) is 11.3 Å². The van der Waals surface area contributed by atoms with Gasteiger partial charge < -0.3 is 16.0 Å². The molecule has 2 aliphatic rings. The molecule has 1 aromatic carbocycles. The van der Waals surface area contributed by atoms with Crippen molar-refractivity contribution >= 4 is 34.0 Å². The van der Waals surface area contributed by atoms with E-state index in [2.05, 4.69) is 20.9 Å². The Kier molecular flexibility index (Phi) is 4.40. The fourth-order valence-corrected chi connectivity index (χ4v) is 3.58. The van der Waals surface area contributed by atoms with Gasteiger partial charge in [-0.3, -0.25) is 9.59 Å². The minimum atomic E-state index is -0.188. The molecule has 0 saturated heterocycles. The van der Waals surface area contributed by atoms with Crippen LogP contribution in [0.25, 0.3) is 0 Å². The Balaban J connectivity index is 1.49. The van der Waals surface area contributed by atoms with Gasteiger partial charge in [-0.1, -0.05) is 17.4 Å². The van der Waals surface area contributed by atoms with Gasteiger partial charge in [0, 0.05) is 23.3 Å². The van der Waals surface area contributed by atoms with E-state index in [-0.39, 0.29) is 11.8 Å². The first-order chi connectivity index (χ1) is 12.5. The number of nitrogens with one attached hydrogen (secondary N) is 3. The van der Waals surface area contributed by atoms with Crippen LogP contribution in [0.4, 0.5) is 10.8 Å². The summed E-state index contributed by atoms with van der Waals surface area (Å²) in [6.45, 7) is 3.76. The first-order valence-electron chi connectivity index (χ1n) is 8.96. The van der Waals surface area contributed by atoms with Gasteiger partial charge in [-0.25, -0.2) is 4.98 Å². The molecule has 0 bridgehead atoms. The molecule has 2 fully saturated rings. The molecule has 136 valence electrons. The predicted octanol–water partition coefficient (Wildman–Crippen LogP) is 3.48. The Hall–Kier alpha value is -2.41. The summed E-state index contributed by atoms with van der Waals surface area (Å²) in [6, 6.07) is 6.19. The maximum absolute atomic E-state index is 12.7. The first-order valence-corrected chi connectivity index (χ1v) is 9.78. The highest BCUT2D eigenvalue weighted by Gasteiger charge is 2.25. The summed E-state index contributed by atoms with van der Waals surface area (Å²) >= 11 is 1.37. The number of amides is 2. The number of anilines is 2. The van der Waals surface area contributed by atoms with Crippen LogP contribution in [0.2, 0.25) is 0 Å². The number of hydrogen-bond donors (Lipinski definition) is 3. The van der Waals surface area contributed by atoms with E-state index in [0.717, 1.165) is 42.1 Å². The van der Waals surface area contributed by atoms with Gasteiger partial charge in [-0.05, 0) is 57.2 Å². The van der Waals surface area contributed by atoms with Gasteiger partial charge in [0.1, 0.15) is 4.88 Å². The van der Waals surface area contributed by atoms with Crippen molar-refractivity contribution in [1.29, 1.82) is 0 Å². The molecule has 1 heterocycles. The standard InChI is InChI=1S/C19H22N4O2S/c1-10-3-4-12(17(24)21-13-5-6-13)9-15(10)23-18(25)16-11(2)20-19(26-16)22-14-7-8-14/h3-4,9,13-14H,5-8H2,1-2H3,(H,20,22)(H,21,24)(H,23,25). The SMILES string of the molecule is Cc1ccc(C(=O)NC2CC2)cc1NC(=O)c1sc(NC2CC2)nc1C. The molecule has 2 saturated carbocycles. The summed E-state index contributed by atoms with van der Waals surface area (Å²) in [5.41, 5.74) is 2.86. The summed E-state index contributed by atoms with van der Waals surface area (Å²) in [5.74, 6) is -0.278. The van der Waals surface area contributed by atoms with Crippen molar-refractivity contribution in [2.24, 2.45) is 0 Å². The highest BCUT2D eigenvalue weighted by molar-refractivity contribution is 7.17. The van der Waals surface area contributed by atoms with Gasteiger partial charge in [0.25, 0.3) is 11.8 Å². The molecule has 0 radical (unpaired) electrons. The van der Waals surface area contributed by atoms with Crippen molar-refractivity contribution in [2.75, 3.05) is 10.6 Å². The van der Waals surface area contributed by atoms with Gasteiger partial charge >= 0.3 is 0 Å². The third-order valence-electron chi connectivity index (χ3n) is 4.57. The molecular weight excluding hydrogens is 348 g/mol. The van der Waals surface area contributed by atoms with Gasteiger partial charge in [0.15, 0.2) is 5.13 Å². The molecular formula is C19H22N4O2S. The normalized spacial score (nSPS) is 16.2. The summed E-state index contributed by atoms with van der Waals surface area (Å²) in [6.07, 6.45) is 4.41. The molecule has 26 heavy (non-hydrogen) atoms. The first kappa shape index (κ1) is 17.0. The van der Waals surface area contributed by atoms with E-state index in [1.54, 1.807) is 12.1 Å². The Labute approximate surface area is 156 Å². The second-order valence-corrected chi connectivity index (χ2v) is 8.08. The van der Waals surface area contributed by atoms with Gasteiger partial charge in [-0.15, -0.1) is 0 Å². The third kappa shape index (κ3) is 3.88. The largest absolute Gasteiger partial charge is 0.359 e. The van der Waals surface area contributed by atoms with Crippen LogP contribution in [0.3, 0.4) is 0 Å². The van der Waals surface area contributed by atoms with E-state index < -0.39 is 0 Å². The molecule has 0 spiro atoms.